The summed E-state index contributed by atoms with van der Waals surface area (Å²) in [6.45, 7) is 14.1. The molecule has 184 valence electrons. The number of ether oxygens (including phenoxy) is 1. The Morgan fingerprint density at radius 2 is 1.94 bits per heavy atom. The van der Waals surface area contributed by atoms with Crippen LogP contribution in [0.1, 0.15) is 94.3 Å². The molecule has 4 heterocycles. The van der Waals surface area contributed by atoms with Gasteiger partial charge in [0.15, 0.2) is 0 Å². The van der Waals surface area contributed by atoms with Gasteiger partial charge in [0.1, 0.15) is 5.82 Å². The molecule has 0 aliphatic carbocycles. The number of methoxy groups -OCH3 is 1. The van der Waals surface area contributed by atoms with Gasteiger partial charge in [0.05, 0.1) is 24.0 Å². The molecular weight excluding hydrogens is 420 g/mol. The Hall–Kier alpha value is -2.40. The first kappa shape index (κ1) is 24.7. The van der Waals surface area contributed by atoms with Crippen molar-refractivity contribution in [2.45, 2.75) is 85.1 Å². The van der Waals surface area contributed by atoms with Gasteiger partial charge in [0.25, 0.3) is 0 Å². The van der Waals surface area contributed by atoms with Crippen LogP contribution in [0.15, 0.2) is 35.0 Å². The van der Waals surface area contributed by atoms with Crippen LogP contribution in [0.25, 0.3) is 0 Å². The van der Waals surface area contributed by atoms with Crippen LogP contribution in [0.4, 0.5) is 11.5 Å². The molecule has 0 saturated carbocycles. The van der Waals surface area contributed by atoms with Crippen LogP contribution >= 0.6 is 0 Å². The number of hydrogen-bond acceptors (Lipinski definition) is 4. The predicted octanol–water partition coefficient (Wildman–Crippen LogP) is 6.92. The summed E-state index contributed by atoms with van der Waals surface area (Å²) in [5.41, 5.74) is 8.48. The van der Waals surface area contributed by atoms with Crippen LogP contribution in [0.3, 0.4) is 0 Å². The first-order valence-electron chi connectivity index (χ1n) is 13.3. The second-order valence-corrected chi connectivity index (χ2v) is 9.92. The lowest BCUT2D eigenvalue weighted by Crippen LogP contribution is -2.39. The van der Waals surface area contributed by atoms with Crippen LogP contribution in [-0.4, -0.2) is 42.1 Å². The van der Waals surface area contributed by atoms with Crippen molar-refractivity contribution < 1.29 is 4.74 Å². The Kier molecular flexibility index (Phi) is 7.92. The highest BCUT2D eigenvalue weighted by Gasteiger charge is 2.27. The third-order valence-corrected chi connectivity index (χ3v) is 7.54. The van der Waals surface area contributed by atoms with Gasteiger partial charge >= 0.3 is 0 Å². The number of aryl methyl sites for hydroxylation is 1. The van der Waals surface area contributed by atoms with E-state index in [0.29, 0.717) is 12.0 Å². The van der Waals surface area contributed by atoms with Gasteiger partial charge in [-0.15, -0.1) is 0 Å². The number of rotatable bonds is 10. The van der Waals surface area contributed by atoms with Crippen molar-refractivity contribution in [3.8, 4) is 0 Å². The van der Waals surface area contributed by atoms with Gasteiger partial charge in [-0.05, 0) is 61.8 Å². The van der Waals surface area contributed by atoms with Crippen molar-refractivity contribution in [2.24, 2.45) is 4.99 Å². The third-order valence-electron chi connectivity index (χ3n) is 7.54. The summed E-state index contributed by atoms with van der Waals surface area (Å²) in [6.07, 6.45) is 11.1. The summed E-state index contributed by atoms with van der Waals surface area (Å²) in [6, 6.07) is 4.86. The summed E-state index contributed by atoms with van der Waals surface area (Å²) in [5.74, 6) is 1.58. The van der Waals surface area contributed by atoms with Crippen molar-refractivity contribution in [2.75, 3.05) is 31.7 Å². The third kappa shape index (κ3) is 4.72. The van der Waals surface area contributed by atoms with Crippen molar-refractivity contribution in [1.82, 2.24) is 9.55 Å². The molecule has 5 heteroatoms. The zero-order valence-electron chi connectivity index (χ0n) is 22.0. The topological polar surface area (TPSA) is 42.6 Å². The second-order valence-electron chi connectivity index (χ2n) is 9.92. The molecule has 1 fully saturated rings. The first-order chi connectivity index (χ1) is 16.5. The molecule has 1 saturated heterocycles. The lowest BCUT2D eigenvalue weighted by atomic mass is 9.96. The summed E-state index contributed by atoms with van der Waals surface area (Å²) >= 11 is 0. The second kappa shape index (κ2) is 10.9. The Bertz CT molecular complexity index is 1050. The largest absolute Gasteiger partial charge is 0.383 e. The SMILES string of the molecule is CCC[C@H](COC)n1cc(C)c2c1CC=C(CC)C(c1ccc(C(C)CC)nc1N1CCC1)=N2. The van der Waals surface area contributed by atoms with E-state index in [1.54, 1.807) is 7.11 Å². The molecular formula is C29H42N4O. The van der Waals surface area contributed by atoms with E-state index < -0.39 is 0 Å². The Morgan fingerprint density at radius 1 is 1.15 bits per heavy atom. The number of nitrogens with zero attached hydrogens (tertiary/aromatic N) is 4. The lowest BCUT2D eigenvalue weighted by Gasteiger charge is -2.34. The fourth-order valence-electron chi connectivity index (χ4n) is 5.15. The predicted molar refractivity (Wildman–Crippen MR) is 143 cm³/mol. The minimum absolute atomic E-state index is 0.348. The molecule has 0 N–H and O–H groups in total. The number of aliphatic imine (C=N–C) groups is 1. The van der Waals surface area contributed by atoms with Gasteiger partial charge in [-0.1, -0.05) is 40.2 Å². The molecule has 34 heavy (non-hydrogen) atoms. The molecule has 0 amide bonds. The van der Waals surface area contributed by atoms with E-state index >= 15 is 0 Å². The van der Waals surface area contributed by atoms with E-state index in [4.69, 9.17) is 14.7 Å². The number of pyridine rings is 1. The van der Waals surface area contributed by atoms with Crippen LogP contribution in [0, 0.1) is 6.92 Å². The van der Waals surface area contributed by atoms with Crippen molar-refractivity contribution in [3.63, 3.8) is 0 Å². The van der Waals surface area contributed by atoms with Crippen LogP contribution < -0.4 is 4.90 Å². The molecule has 1 unspecified atom stereocenters. The summed E-state index contributed by atoms with van der Waals surface area (Å²) < 4.78 is 8.03. The Balaban J connectivity index is 1.84. The lowest BCUT2D eigenvalue weighted by molar-refractivity contribution is 0.149. The van der Waals surface area contributed by atoms with Gasteiger partial charge in [0.2, 0.25) is 0 Å². The van der Waals surface area contributed by atoms with Crippen LogP contribution in [0.2, 0.25) is 0 Å². The number of allylic oxidation sites excluding steroid dienone is 2. The van der Waals surface area contributed by atoms with E-state index in [-0.39, 0.29) is 0 Å². The van der Waals surface area contributed by atoms with Crippen molar-refractivity contribution in [3.05, 3.63) is 52.5 Å². The number of anilines is 1. The minimum atomic E-state index is 0.348. The highest BCUT2D eigenvalue weighted by atomic mass is 16.5. The van der Waals surface area contributed by atoms with E-state index in [1.807, 2.05) is 0 Å². The standard InChI is InChI=1S/C29H42N4O/c1-7-11-23(19-34-6)33-18-21(5)27-26(33)15-12-22(9-3)28(31-27)24-13-14-25(20(4)8-2)30-29(24)32-16-10-17-32/h12-14,18,20,23H,7-11,15-17,19H2,1-6H3/t20?,23-/m1/s1. The molecule has 4 rings (SSSR count). The molecule has 2 aliphatic rings. The fraction of sp³-hybridized carbons (Fsp3) is 0.586. The average molecular weight is 463 g/mol. The van der Waals surface area contributed by atoms with E-state index in [0.717, 1.165) is 69.0 Å². The first-order valence-corrected chi connectivity index (χ1v) is 13.3. The van der Waals surface area contributed by atoms with Gasteiger partial charge in [-0.2, -0.15) is 0 Å². The average Bonchev–Trinajstić information content (AvgIpc) is 2.99. The number of fused-ring (bicyclic) bond motifs is 1. The summed E-state index contributed by atoms with van der Waals surface area (Å²) in [4.78, 5) is 13.0. The molecule has 2 atom stereocenters. The zero-order valence-corrected chi connectivity index (χ0v) is 22.0. The van der Waals surface area contributed by atoms with Gasteiger partial charge in [-0.25, -0.2) is 9.98 Å². The maximum absolute atomic E-state index is 5.59. The monoisotopic (exact) mass is 462 g/mol. The molecule has 0 spiro atoms. The summed E-state index contributed by atoms with van der Waals surface area (Å²) in [5, 5.41) is 0. The van der Waals surface area contributed by atoms with Crippen LogP contribution in [0.5, 0.6) is 0 Å². The summed E-state index contributed by atoms with van der Waals surface area (Å²) in [7, 11) is 1.80. The molecule has 2 aromatic heterocycles. The number of hydrogen-bond donors (Lipinski definition) is 0. The number of aromatic nitrogens is 2. The van der Waals surface area contributed by atoms with Gasteiger partial charge in [-0.3, -0.25) is 0 Å². The molecule has 0 bridgehead atoms. The van der Waals surface area contributed by atoms with Gasteiger partial charge < -0.3 is 14.2 Å². The maximum atomic E-state index is 5.59. The molecule has 5 nitrogen and oxygen atoms in total. The van der Waals surface area contributed by atoms with E-state index in [1.165, 1.54) is 34.5 Å². The van der Waals surface area contributed by atoms with Crippen molar-refractivity contribution in [1.29, 1.82) is 0 Å². The molecule has 0 aromatic carbocycles. The Morgan fingerprint density at radius 3 is 2.56 bits per heavy atom. The molecule has 2 aromatic rings. The zero-order chi connectivity index (χ0) is 24.2. The normalized spacial score (nSPS) is 17.4. The smallest absolute Gasteiger partial charge is 0.138 e. The fourth-order valence-corrected chi connectivity index (χ4v) is 5.15. The molecule has 0 radical (unpaired) electrons. The quantitative estimate of drug-likeness (QED) is 0.385. The van der Waals surface area contributed by atoms with Gasteiger partial charge in [0, 0.05) is 49.8 Å². The maximum Gasteiger partial charge on any atom is 0.138 e. The highest BCUT2D eigenvalue weighted by Crippen LogP contribution is 2.37. The van der Waals surface area contributed by atoms with Crippen LogP contribution in [-0.2, 0) is 11.2 Å². The minimum Gasteiger partial charge on any atom is -0.383 e. The van der Waals surface area contributed by atoms with Crippen molar-refractivity contribution >= 4 is 17.2 Å². The highest BCUT2D eigenvalue weighted by molar-refractivity contribution is 6.16. The molecule has 2 aliphatic heterocycles. The van der Waals surface area contributed by atoms with E-state index in [9.17, 15) is 0 Å². The van der Waals surface area contributed by atoms with E-state index in [2.05, 4.69) is 68.5 Å². The Labute approximate surface area is 205 Å².